The van der Waals surface area contributed by atoms with E-state index in [2.05, 4.69) is 28.2 Å². The van der Waals surface area contributed by atoms with Gasteiger partial charge >= 0.3 is 0 Å². The van der Waals surface area contributed by atoms with Crippen molar-refractivity contribution in [1.29, 1.82) is 0 Å². The second-order valence-corrected chi connectivity index (χ2v) is 6.45. The Kier molecular flexibility index (Phi) is 5.94. The van der Waals surface area contributed by atoms with Crippen LogP contribution in [-0.2, 0) is 6.61 Å². The van der Waals surface area contributed by atoms with Gasteiger partial charge in [0.15, 0.2) is 0 Å². The molecule has 1 unspecified atom stereocenters. The maximum absolute atomic E-state index is 6.27. The summed E-state index contributed by atoms with van der Waals surface area (Å²) in [6.07, 6.45) is 0. The maximum atomic E-state index is 6.27. The average Bonchev–Trinajstić information content (AvgIpc) is 2.46. The highest BCUT2D eigenvalue weighted by atomic mass is 79.9. The van der Waals surface area contributed by atoms with Crippen LogP contribution in [0.2, 0.25) is 10.0 Å². The standard InChI is InChI=1S/C16H16BrCl2NO/c1-10(20-2)11-4-6-16(15(19)7-11)21-9-12-3-5-13(17)8-14(12)18/h3-8,10,20H,9H2,1-2H3. The van der Waals surface area contributed by atoms with Crippen molar-refractivity contribution in [3.8, 4) is 5.75 Å². The molecule has 112 valence electrons. The minimum Gasteiger partial charge on any atom is -0.487 e. The molecule has 0 radical (unpaired) electrons. The first-order valence-electron chi connectivity index (χ1n) is 6.54. The van der Waals surface area contributed by atoms with E-state index in [0.29, 0.717) is 22.4 Å². The van der Waals surface area contributed by atoms with E-state index in [-0.39, 0.29) is 6.04 Å². The molecule has 0 amide bonds. The number of rotatable bonds is 5. The Morgan fingerprint density at radius 2 is 1.90 bits per heavy atom. The zero-order chi connectivity index (χ0) is 15.4. The quantitative estimate of drug-likeness (QED) is 0.718. The van der Waals surface area contributed by atoms with Crippen molar-refractivity contribution in [2.24, 2.45) is 0 Å². The molecule has 0 fully saturated rings. The van der Waals surface area contributed by atoms with Gasteiger partial charge in [0.2, 0.25) is 0 Å². The number of nitrogens with one attached hydrogen (secondary N) is 1. The van der Waals surface area contributed by atoms with E-state index >= 15 is 0 Å². The fraction of sp³-hybridized carbons (Fsp3) is 0.250. The summed E-state index contributed by atoms with van der Waals surface area (Å²) in [6.45, 7) is 2.46. The van der Waals surface area contributed by atoms with Gasteiger partial charge in [0, 0.05) is 21.1 Å². The predicted octanol–water partition coefficient (Wildman–Crippen LogP) is 5.62. The van der Waals surface area contributed by atoms with E-state index in [1.165, 1.54) is 0 Å². The van der Waals surface area contributed by atoms with Gasteiger partial charge < -0.3 is 10.1 Å². The van der Waals surface area contributed by atoms with E-state index in [9.17, 15) is 0 Å². The van der Waals surface area contributed by atoms with Gasteiger partial charge in [-0.3, -0.25) is 0 Å². The first kappa shape index (κ1) is 16.6. The molecule has 2 rings (SSSR count). The fourth-order valence-corrected chi connectivity index (χ4v) is 2.84. The summed E-state index contributed by atoms with van der Waals surface area (Å²) >= 11 is 15.8. The lowest BCUT2D eigenvalue weighted by Crippen LogP contribution is -2.12. The number of halogens is 3. The number of hydrogen-bond donors (Lipinski definition) is 1. The van der Waals surface area contributed by atoms with Gasteiger partial charge in [0.25, 0.3) is 0 Å². The molecule has 2 aromatic rings. The number of hydrogen-bond acceptors (Lipinski definition) is 2. The van der Waals surface area contributed by atoms with Crippen LogP contribution < -0.4 is 10.1 Å². The van der Waals surface area contributed by atoms with Gasteiger partial charge in [0.1, 0.15) is 12.4 Å². The van der Waals surface area contributed by atoms with Crippen molar-refractivity contribution >= 4 is 39.1 Å². The van der Waals surface area contributed by atoms with Crippen molar-refractivity contribution in [3.63, 3.8) is 0 Å². The maximum Gasteiger partial charge on any atom is 0.138 e. The summed E-state index contributed by atoms with van der Waals surface area (Å²) < 4.78 is 6.70. The zero-order valence-electron chi connectivity index (χ0n) is 11.8. The SMILES string of the molecule is CNC(C)c1ccc(OCc2ccc(Br)cc2Cl)c(Cl)c1. The lowest BCUT2D eigenvalue weighted by atomic mass is 10.1. The lowest BCUT2D eigenvalue weighted by molar-refractivity contribution is 0.306. The normalized spacial score (nSPS) is 12.2. The fourth-order valence-electron chi connectivity index (χ4n) is 1.86. The van der Waals surface area contributed by atoms with E-state index in [0.717, 1.165) is 15.6 Å². The molecule has 2 aromatic carbocycles. The highest BCUT2D eigenvalue weighted by molar-refractivity contribution is 9.10. The minimum absolute atomic E-state index is 0.248. The summed E-state index contributed by atoms with van der Waals surface area (Å²) in [5.41, 5.74) is 2.04. The van der Waals surface area contributed by atoms with Crippen molar-refractivity contribution in [3.05, 3.63) is 62.0 Å². The average molecular weight is 389 g/mol. The molecule has 0 saturated heterocycles. The first-order chi connectivity index (χ1) is 10.0. The molecule has 0 heterocycles. The van der Waals surface area contributed by atoms with Crippen LogP contribution in [0.4, 0.5) is 0 Å². The molecular formula is C16H16BrCl2NO. The summed E-state index contributed by atoms with van der Waals surface area (Å²) in [5, 5.41) is 4.44. The third-order valence-electron chi connectivity index (χ3n) is 3.29. The molecule has 5 heteroatoms. The molecule has 1 N–H and O–H groups in total. The molecule has 1 atom stereocenters. The van der Waals surface area contributed by atoms with Gasteiger partial charge in [-0.05, 0) is 43.8 Å². The van der Waals surface area contributed by atoms with Gasteiger partial charge in [-0.15, -0.1) is 0 Å². The Bertz CT molecular complexity index is 634. The molecule has 0 saturated carbocycles. The Hall–Kier alpha value is -0.740. The highest BCUT2D eigenvalue weighted by Crippen LogP contribution is 2.29. The highest BCUT2D eigenvalue weighted by Gasteiger charge is 2.08. The van der Waals surface area contributed by atoms with Crippen LogP contribution in [-0.4, -0.2) is 7.05 Å². The van der Waals surface area contributed by atoms with E-state index in [1.807, 2.05) is 43.4 Å². The Morgan fingerprint density at radius 3 is 2.52 bits per heavy atom. The van der Waals surface area contributed by atoms with Crippen molar-refractivity contribution in [2.75, 3.05) is 7.05 Å². The zero-order valence-corrected chi connectivity index (χ0v) is 14.9. The van der Waals surface area contributed by atoms with Crippen LogP contribution in [0.3, 0.4) is 0 Å². The number of benzene rings is 2. The van der Waals surface area contributed by atoms with Crippen LogP contribution in [0, 0.1) is 0 Å². The smallest absolute Gasteiger partial charge is 0.138 e. The molecule has 0 spiro atoms. The second kappa shape index (κ2) is 7.50. The molecule has 21 heavy (non-hydrogen) atoms. The van der Waals surface area contributed by atoms with Gasteiger partial charge in [0.05, 0.1) is 5.02 Å². The lowest BCUT2D eigenvalue weighted by Gasteiger charge is -2.14. The third-order valence-corrected chi connectivity index (χ3v) is 4.43. The van der Waals surface area contributed by atoms with Crippen molar-refractivity contribution < 1.29 is 4.74 Å². The monoisotopic (exact) mass is 387 g/mol. The predicted molar refractivity (Wildman–Crippen MR) is 92.4 cm³/mol. The van der Waals surface area contributed by atoms with Crippen LogP contribution >= 0.6 is 39.1 Å². The molecule has 0 aliphatic rings. The van der Waals surface area contributed by atoms with Crippen LogP contribution in [0.5, 0.6) is 5.75 Å². The topological polar surface area (TPSA) is 21.3 Å². The number of ether oxygens (including phenoxy) is 1. The molecule has 0 bridgehead atoms. The molecule has 0 aliphatic carbocycles. The summed E-state index contributed by atoms with van der Waals surface area (Å²) in [4.78, 5) is 0. The molecule has 0 aliphatic heterocycles. The van der Waals surface area contributed by atoms with Crippen LogP contribution in [0.15, 0.2) is 40.9 Å². The van der Waals surface area contributed by atoms with E-state index in [4.69, 9.17) is 27.9 Å². The van der Waals surface area contributed by atoms with Crippen LogP contribution in [0.1, 0.15) is 24.1 Å². The Morgan fingerprint density at radius 1 is 1.14 bits per heavy atom. The van der Waals surface area contributed by atoms with Crippen LogP contribution in [0.25, 0.3) is 0 Å². The summed E-state index contributed by atoms with van der Waals surface area (Å²) in [7, 11) is 1.92. The molecular weight excluding hydrogens is 373 g/mol. The van der Waals surface area contributed by atoms with E-state index < -0.39 is 0 Å². The Labute approximate surface area is 143 Å². The largest absolute Gasteiger partial charge is 0.487 e. The van der Waals surface area contributed by atoms with Gasteiger partial charge in [-0.25, -0.2) is 0 Å². The summed E-state index contributed by atoms with van der Waals surface area (Å²) in [6, 6.07) is 11.8. The van der Waals surface area contributed by atoms with Crippen molar-refractivity contribution in [1.82, 2.24) is 5.32 Å². The third kappa shape index (κ3) is 4.36. The second-order valence-electron chi connectivity index (χ2n) is 4.72. The summed E-state index contributed by atoms with van der Waals surface area (Å²) in [5.74, 6) is 0.655. The Balaban J connectivity index is 2.10. The molecule has 0 aromatic heterocycles. The van der Waals surface area contributed by atoms with Crippen molar-refractivity contribution in [2.45, 2.75) is 19.6 Å². The molecule has 2 nitrogen and oxygen atoms in total. The van der Waals surface area contributed by atoms with E-state index in [1.54, 1.807) is 0 Å². The van der Waals surface area contributed by atoms with Gasteiger partial charge in [-0.1, -0.05) is 51.3 Å². The minimum atomic E-state index is 0.248. The first-order valence-corrected chi connectivity index (χ1v) is 8.09. The van der Waals surface area contributed by atoms with Gasteiger partial charge in [-0.2, -0.15) is 0 Å².